The standard InChI is InChI=1S/C34H38N4O2/c1-22(2)23-8-10-24(11-9-23)34-36-33(37-38(34)3)28-20-31(40-17-7-5-6-16-39-4)32(35-21-28)27-14-15-29-25-12-13-26(18-25)30(29)19-27/h5,7-11,14-15,19-22,25-26H,6,12-13,16-18H2,1-4H3/b7-5-. The Balaban J connectivity index is 1.32. The Labute approximate surface area is 237 Å². The van der Waals surface area contributed by atoms with Crippen LogP contribution in [0.15, 0.2) is 66.9 Å². The molecule has 40 heavy (non-hydrogen) atoms. The molecule has 2 aromatic heterocycles. The van der Waals surface area contributed by atoms with Crippen molar-refractivity contribution in [3.05, 3.63) is 83.6 Å². The SMILES string of the molecule is COCC/C=C\COc1cc(-c2nc(-c3ccc(C(C)C)cc3)n(C)n2)cnc1-c1ccc2c(c1)C1CCC2C1. The third-order valence-corrected chi connectivity index (χ3v) is 8.37. The number of rotatable bonds is 10. The summed E-state index contributed by atoms with van der Waals surface area (Å²) in [6.45, 7) is 5.56. The summed E-state index contributed by atoms with van der Waals surface area (Å²) in [5.41, 5.74) is 8.19. The van der Waals surface area contributed by atoms with Crippen LogP contribution in [0.3, 0.4) is 0 Å². The minimum absolute atomic E-state index is 0.459. The number of methoxy groups -OCH3 is 1. The van der Waals surface area contributed by atoms with Crippen LogP contribution in [0.2, 0.25) is 0 Å². The van der Waals surface area contributed by atoms with Crippen LogP contribution in [0.1, 0.15) is 74.0 Å². The molecule has 6 rings (SSSR count). The highest BCUT2D eigenvalue weighted by molar-refractivity contribution is 5.72. The molecular formula is C34H38N4O2. The maximum atomic E-state index is 6.32. The molecule has 0 saturated heterocycles. The van der Waals surface area contributed by atoms with Crippen LogP contribution in [-0.2, 0) is 11.8 Å². The maximum absolute atomic E-state index is 6.32. The second kappa shape index (κ2) is 11.4. The molecule has 0 aliphatic heterocycles. The van der Waals surface area contributed by atoms with Crippen molar-refractivity contribution in [2.45, 2.75) is 57.3 Å². The first kappa shape index (κ1) is 26.5. The second-order valence-corrected chi connectivity index (χ2v) is 11.3. The largest absolute Gasteiger partial charge is 0.487 e. The minimum Gasteiger partial charge on any atom is -0.487 e. The molecule has 0 N–H and O–H groups in total. The quantitative estimate of drug-likeness (QED) is 0.154. The highest BCUT2D eigenvalue weighted by Gasteiger charge is 2.36. The molecule has 2 aliphatic carbocycles. The molecule has 2 heterocycles. The third-order valence-electron chi connectivity index (χ3n) is 8.37. The highest BCUT2D eigenvalue weighted by atomic mass is 16.5. The molecule has 6 heteroatoms. The molecular weight excluding hydrogens is 496 g/mol. The first-order chi connectivity index (χ1) is 19.5. The monoisotopic (exact) mass is 534 g/mol. The number of fused-ring (bicyclic) bond motifs is 5. The van der Waals surface area contributed by atoms with Gasteiger partial charge in [-0.1, -0.05) is 62.4 Å². The molecule has 0 radical (unpaired) electrons. The molecule has 2 atom stereocenters. The summed E-state index contributed by atoms with van der Waals surface area (Å²) in [6, 6.07) is 17.5. The summed E-state index contributed by atoms with van der Waals surface area (Å²) < 4.78 is 13.3. The van der Waals surface area contributed by atoms with Crippen LogP contribution in [0.25, 0.3) is 34.0 Å². The average Bonchev–Trinajstić information content (AvgIpc) is 3.70. The van der Waals surface area contributed by atoms with Gasteiger partial charge in [-0.2, -0.15) is 5.10 Å². The first-order valence-electron chi connectivity index (χ1n) is 14.4. The first-order valence-corrected chi connectivity index (χ1v) is 14.4. The Bertz CT molecular complexity index is 1520. The van der Waals surface area contributed by atoms with E-state index in [4.69, 9.17) is 24.5 Å². The van der Waals surface area contributed by atoms with Gasteiger partial charge in [0.2, 0.25) is 0 Å². The van der Waals surface area contributed by atoms with Gasteiger partial charge in [-0.05, 0) is 72.3 Å². The number of aromatic nitrogens is 4. The zero-order chi connectivity index (χ0) is 27.6. The van der Waals surface area contributed by atoms with Crippen molar-refractivity contribution >= 4 is 0 Å². The fourth-order valence-electron chi connectivity index (χ4n) is 6.17. The van der Waals surface area contributed by atoms with E-state index in [1.165, 1.54) is 36.0 Å². The fourth-order valence-corrected chi connectivity index (χ4v) is 6.17. The lowest BCUT2D eigenvalue weighted by atomic mass is 9.90. The Kier molecular flexibility index (Phi) is 7.53. The number of benzene rings is 2. The lowest BCUT2D eigenvalue weighted by Gasteiger charge is -2.17. The van der Waals surface area contributed by atoms with Gasteiger partial charge in [-0.15, -0.1) is 0 Å². The third kappa shape index (κ3) is 5.20. The summed E-state index contributed by atoms with van der Waals surface area (Å²) in [5.74, 6) is 4.12. The van der Waals surface area contributed by atoms with E-state index >= 15 is 0 Å². The molecule has 2 aliphatic rings. The van der Waals surface area contributed by atoms with E-state index in [2.05, 4.69) is 62.4 Å². The predicted molar refractivity (Wildman–Crippen MR) is 160 cm³/mol. The molecule has 6 nitrogen and oxygen atoms in total. The smallest absolute Gasteiger partial charge is 0.183 e. The van der Waals surface area contributed by atoms with Crippen molar-refractivity contribution in [3.63, 3.8) is 0 Å². The van der Waals surface area contributed by atoms with E-state index in [1.54, 1.807) is 7.11 Å². The van der Waals surface area contributed by atoms with Gasteiger partial charge in [0.15, 0.2) is 11.6 Å². The summed E-state index contributed by atoms with van der Waals surface area (Å²) in [5, 5.41) is 4.74. The van der Waals surface area contributed by atoms with E-state index in [-0.39, 0.29) is 0 Å². The van der Waals surface area contributed by atoms with Crippen LogP contribution in [-0.4, -0.2) is 40.1 Å². The second-order valence-electron chi connectivity index (χ2n) is 11.3. The number of nitrogens with zero attached hydrogens (tertiary/aromatic N) is 4. The van der Waals surface area contributed by atoms with Crippen molar-refractivity contribution < 1.29 is 9.47 Å². The molecule has 1 fully saturated rings. The predicted octanol–water partition coefficient (Wildman–Crippen LogP) is 7.67. The number of hydrogen-bond donors (Lipinski definition) is 0. The van der Waals surface area contributed by atoms with Crippen molar-refractivity contribution in [1.82, 2.24) is 19.7 Å². The van der Waals surface area contributed by atoms with Gasteiger partial charge in [-0.25, -0.2) is 9.67 Å². The number of ether oxygens (including phenoxy) is 2. The van der Waals surface area contributed by atoms with E-state index in [0.717, 1.165) is 46.3 Å². The summed E-state index contributed by atoms with van der Waals surface area (Å²) in [7, 11) is 3.65. The lowest BCUT2D eigenvalue weighted by Crippen LogP contribution is -2.01. The lowest BCUT2D eigenvalue weighted by molar-refractivity contribution is 0.204. The van der Waals surface area contributed by atoms with Crippen molar-refractivity contribution in [1.29, 1.82) is 0 Å². The number of pyridine rings is 1. The topological polar surface area (TPSA) is 62.1 Å². The van der Waals surface area contributed by atoms with Crippen molar-refractivity contribution in [2.75, 3.05) is 20.3 Å². The van der Waals surface area contributed by atoms with E-state index < -0.39 is 0 Å². The van der Waals surface area contributed by atoms with Gasteiger partial charge in [0, 0.05) is 43.7 Å². The van der Waals surface area contributed by atoms with E-state index in [1.807, 2.05) is 30.1 Å². The molecule has 1 saturated carbocycles. The average molecular weight is 535 g/mol. The number of aryl methyl sites for hydroxylation is 1. The van der Waals surface area contributed by atoms with Crippen molar-refractivity contribution in [2.24, 2.45) is 7.05 Å². The van der Waals surface area contributed by atoms with Gasteiger partial charge in [0.05, 0.1) is 0 Å². The summed E-state index contributed by atoms with van der Waals surface area (Å²) >= 11 is 0. The Hall–Kier alpha value is -3.77. The summed E-state index contributed by atoms with van der Waals surface area (Å²) in [4.78, 5) is 9.83. The van der Waals surface area contributed by atoms with Gasteiger partial charge in [-0.3, -0.25) is 4.98 Å². The molecule has 4 aromatic rings. The normalized spacial score (nSPS) is 17.7. The molecule has 206 valence electrons. The van der Waals surface area contributed by atoms with E-state index in [9.17, 15) is 0 Å². The highest BCUT2D eigenvalue weighted by Crippen LogP contribution is 2.53. The molecule has 2 bridgehead atoms. The van der Waals surface area contributed by atoms with Gasteiger partial charge < -0.3 is 9.47 Å². The van der Waals surface area contributed by atoms with Crippen LogP contribution < -0.4 is 4.74 Å². The van der Waals surface area contributed by atoms with Gasteiger partial charge >= 0.3 is 0 Å². The van der Waals surface area contributed by atoms with Crippen LogP contribution >= 0.6 is 0 Å². The van der Waals surface area contributed by atoms with Gasteiger partial charge in [0.1, 0.15) is 18.1 Å². The zero-order valence-corrected chi connectivity index (χ0v) is 23.9. The van der Waals surface area contributed by atoms with Crippen LogP contribution in [0.4, 0.5) is 0 Å². The Morgan fingerprint density at radius 1 is 0.950 bits per heavy atom. The van der Waals surface area contributed by atoms with Gasteiger partial charge in [0.25, 0.3) is 0 Å². The zero-order valence-electron chi connectivity index (χ0n) is 23.9. The Morgan fingerprint density at radius 3 is 2.50 bits per heavy atom. The van der Waals surface area contributed by atoms with Crippen LogP contribution in [0.5, 0.6) is 5.75 Å². The summed E-state index contributed by atoms with van der Waals surface area (Å²) in [6.07, 6.45) is 10.8. The molecule has 0 amide bonds. The van der Waals surface area contributed by atoms with Crippen molar-refractivity contribution in [3.8, 4) is 39.8 Å². The minimum atomic E-state index is 0.459. The molecule has 2 aromatic carbocycles. The fraction of sp³-hybridized carbons (Fsp3) is 0.382. The van der Waals surface area contributed by atoms with Crippen LogP contribution in [0, 0.1) is 0 Å². The maximum Gasteiger partial charge on any atom is 0.183 e. The van der Waals surface area contributed by atoms with E-state index in [0.29, 0.717) is 30.9 Å². The number of hydrogen-bond acceptors (Lipinski definition) is 5. The Morgan fingerprint density at radius 2 is 1.73 bits per heavy atom. The molecule has 2 unspecified atom stereocenters. The molecule has 0 spiro atoms.